The van der Waals surface area contributed by atoms with Crippen LogP contribution >= 0.6 is 0 Å². The molecule has 0 saturated carbocycles. The maximum absolute atomic E-state index is 0. The zero-order chi connectivity index (χ0) is 0. The Balaban J connectivity index is 0. The third kappa shape index (κ3) is 9.29. The van der Waals surface area contributed by atoms with Crippen molar-refractivity contribution in [1.82, 2.24) is 0 Å². The molecule has 0 fully saturated rings. The summed E-state index contributed by atoms with van der Waals surface area (Å²) in [6.07, 6.45) is 0. The number of hydrogen-bond acceptors (Lipinski definition) is 0. The van der Waals surface area contributed by atoms with Crippen LogP contribution in [0.3, 0.4) is 0 Å². The van der Waals surface area contributed by atoms with Crippen LogP contribution in [0.1, 0.15) is 0 Å². The number of hydrogen-bond donors (Lipinski definition) is 0. The molecule has 4 radical (unpaired) electrons. The molecule has 0 amide bonds. The summed E-state index contributed by atoms with van der Waals surface area (Å²) in [5, 5.41) is 0. The van der Waals surface area contributed by atoms with E-state index in [0.717, 1.165) is 0 Å². The Hall–Kier alpha value is 1.73. The molecule has 0 bridgehead atoms. The van der Waals surface area contributed by atoms with Crippen LogP contribution < -0.4 is 29.6 Å². The molecule has 0 aromatic rings. The Morgan fingerprint density at radius 3 is 1.00 bits per heavy atom. The van der Waals surface area contributed by atoms with Crippen molar-refractivity contribution in [2.24, 2.45) is 0 Å². The molecule has 0 spiro atoms. The van der Waals surface area contributed by atoms with Gasteiger partial charge in [0.05, 0.1) is 0 Å². The van der Waals surface area contributed by atoms with E-state index >= 15 is 0 Å². The Morgan fingerprint density at radius 1 is 1.00 bits per heavy atom. The molecular weight excluding hydrogens is 152 g/mol. The Bertz CT molecular complexity index is 8.00. The molecule has 4 heavy (non-hydrogen) atoms. The fraction of sp³-hybridized carbons (Fsp3) is 0. The largest absolute Gasteiger partial charge is 1.00 e. The first kappa shape index (κ1) is 42.9. The van der Waals surface area contributed by atoms with Crippen LogP contribution in [0.5, 0.6) is 0 Å². The van der Waals surface area contributed by atoms with Gasteiger partial charge in [0.25, 0.3) is 0 Å². The van der Waals surface area contributed by atoms with Gasteiger partial charge in [-0.1, -0.05) is 8.41 Å². The van der Waals surface area contributed by atoms with Gasteiger partial charge in [0.1, 0.15) is 0 Å². The van der Waals surface area contributed by atoms with E-state index in [-0.39, 0.29) is 65.8 Å². The average molecular weight is 156 g/mol. The molecule has 22 valence electrons. The first-order chi connectivity index (χ1) is 0. The van der Waals surface area contributed by atoms with Crippen LogP contribution in [0.15, 0.2) is 0 Å². The second kappa shape index (κ2) is 22.0. The Labute approximate surface area is 65.3 Å². The molecule has 0 saturated heterocycles. The zero-order valence-electron chi connectivity index (χ0n) is 1.82. The van der Waals surface area contributed by atoms with Gasteiger partial charge in [-0.3, -0.25) is 0 Å². The fourth-order valence-electron chi connectivity index (χ4n) is 0. The van der Waals surface area contributed by atoms with Gasteiger partial charge in [0.15, 0.2) is 0 Å². The quantitative estimate of drug-likeness (QED) is 0.311. The Morgan fingerprint density at radius 2 is 1.00 bits per heavy atom. The summed E-state index contributed by atoms with van der Waals surface area (Å²) in [5.41, 5.74) is 0. The van der Waals surface area contributed by atoms with E-state index in [1.54, 1.807) is 0 Å². The predicted molar refractivity (Wildman–Crippen MR) is 14.6 cm³/mol. The minimum atomic E-state index is 0. The predicted octanol–water partition coefficient (Wildman–Crippen LogP) is -4.37. The van der Waals surface area contributed by atoms with Crippen molar-refractivity contribution in [2.75, 3.05) is 0 Å². The second-order valence-electron chi connectivity index (χ2n) is 0. The summed E-state index contributed by atoms with van der Waals surface area (Å²) in [6.45, 7) is 0. The van der Waals surface area contributed by atoms with Crippen molar-refractivity contribution in [3.63, 3.8) is 0 Å². The maximum atomic E-state index is 0. The molecule has 0 aliphatic carbocycles. The topological polar surface area (TPSA) is 0 Å². The van der Waals surface area contributed by atoms with Gasteiger partial charge in [-0.05, 0) is 0 Å². The molecular formula is CH4BNaPd. The molecule has 0 atom stereocenters. The molecule has 0 nitrogen and oxygen atoms in total. The number of rotatable bonds is 0. The molecule has 0 heterocycles. The smallest absolute Gasteiger partial charge is 0.0626 e. The van der Waals surface area contributed by atoms with Crippen LogP contribution in [0, 0.1) is 7.43 Å². The van der Waals surface area contributed by atoms with Crippen LogP contribution in [0.4, 0.5) is 0 Å². The molecule has 0 N–H and O–H groups in total. The first-order valence-electron chi connectivity index (χ1n) is 0. The molecule has 0 rings (SSSR count). The summed E-state index contributed by atoms with van der Waals surface area (Å²) < 4.78 is 0. The first-order valence-corrected chi connectivity index (χ1v) is 0. The van der Waals surface area contributed by atoms with Gasteiger partial charge in [-0.2, -0.15) is 0 Å². The minimum absolute atomic E-state index is 0. The fourth-order valence-corrected chi connectivity index (χ4v) is 0. The van der Waals surface area contributed by atoms with Crippen LogP contribution in [-0.4, -0.2) is 8.41 Å². The summed E-state index contributed by atoms with van der Waals surface area (Å²) in [5.74, 6) is 0. The van der Waals surface area contributed by atoms with Gasteiger partial charge in [-0.25, -0.2) is 0 Å². The summed E-state index contributed by atoms with van der Waals surface area (Å²) >= 11 is 0. The van der Waals surface area contributed by atoms with E-state index in [9.17, 15) is 0 Å². The van der Waals surface area contributed by atoms with Gasteiger partial charge in [-0.15, -0.1) is 0 Å². The molecule has 3 heteroatoms. The van der Waals surface area contributed by atoms with E-state index in [0.29, 0.717) is 0 Å². The molecule has 0 aromatic carbocycles. The van der Waals surface area contributed by atoms with E-state index in [2.05, 4.69) is 0 Å². The summed E-state index contributed by atoms with van der Waals surface area (Å²) in [4.78, 5) is 0. The average Bonchev–Trinajstić information content (AvgIpc) is 0. The van der Waals surface area contributed by atoms with Crippen molar-refractivity contribution < 1.29 is 50.0 Å². The minimum Gasteiger partial charge on any atom is -0.0626 e. The van der Waals surface area contributed by atoms with E-state index in [4.69, 9.17) is 0 Å². The normalized spacial score (nSPS) is 0. The van der Waals surface area contributed by atoms with Gasteiger partial charge < -0.3 is 0 Å². The monoisotopic (exact) mass is 156 g/mol. The van der Waals surface area contributed by atoms with E-state index in [1.165, 1.54) is 0 Å². The SMILES string of the molecule is [BH4-].[C].[Na+].[Pd]. The van der Waals surface area contributed by atoms with Crippen molar-refractivity contribution >= 4 is 8.41 Å². The molecule has 0 aliphatic rings. The van der Waals surface area contributed by atoms with Crippen molar-refractivity contribution in [3.05, 3.63) is 7.43 Å². The van der Waals surface area contributed by atoms with Gasteiger partial charge in [0.2, 0.25) is 0 Å². The standard InChI is InChI=1S/C.BH4.Na.Pd/h;1H4;;/q;-1;+1;. The third-order valence-corrected chi connectivity index (χ3v) is 0. The van der Waals surface area contributed by atoms with Crippen molar-refractivity contribution in [3.8, 4) is 0 Å². The summed E-state index contributed by atoms with van der Waals surface area (Å²) in [7, 11) is 0. The molecule has 0 unspecified atom stereocenters. The van der Waals surface area contributed by atoms with Crippen LogP contribution in [0.2, 0.25) is 0 Å². The zero-order valence-corrected chi connectivity index (χ0v) is 5.37. The Kier molecular flexibility index (Phi) is 236. The third-order valence-electron chi connectivity index (χ3n) is 0. The molecule has 0 aromatic heterocycles. The summed E-state index contributed by atoms with van der Waals surface area (Å²) in [6, 6.07) is 0. The maximum Gasteiger partial charge on any atom is 1.00 e. The van der Waals surface area contributed by atoms with Crippen molar-refractivity contribution in [2.45, 2.75) is 0 Å². The second-order valence-corrected chi connectivity index (χ2v) is 0. The van der Waals surface area contributed by atoms with Crippen LogP contribution in [-0.2, 0) is 20.4 Å². The van der Waals surface area contributed by atoms with Crippen LogP contribution in [0.25, 0.3) is 0 Å². The van der Waals surface area contributed by atoms with E-state index < -0.39 is 0 Å². The van der Waals surface area contributed by atoms with Gasteiger partial charge >= 0.3 is 29.6 Å². The van der Waals surface area contributed by atoms with E-state index in [1.807, 2.05) is 0 Å². The van der Waals surface area contributed by atoms with Gasteiger partial charge in [0, 0.05) is 27.8 Å². The van der Waals surface area contributed by atoms with Crippen molar-refractivity contribution in [1.29, 1.82) is 0 Å². The molecule has 0 aliphatic heterocycles.